The Morgan fingerprint density at radius 1 is 1.15 bits per heavy atom. The van der Waals surface area contributed by atoms with Gasteiger partial charge in [-0.1, -0.05) is 18.2 Å². The monoisotopic (exact) mass is 273 g/mol. The van der Waals surface area contributed by atoms with Gasteiger partial charge in [0, 0.05) is 6.20 Å². The van der Waals surface area contributed by atoms with Crippen LogP contribution < -0.4 is 20.7 Å². The van der Waals surface area contributed by atoms with Crippen molar-refractivity contribution < 1.29 is 9.47 Å². The number of nitrogens with one attached hydrogen (secondary N) is 1. The Kier molecular flexibility index (Phi) is 5.34. The molecule has 1 aromatic carbocycles. The molecular formula is C15H19N3O2. The second-order valence-corrected chi connectivity index (χ2v) is 4.23. The van der Waals surface area contributed by atoms with Crippen molar-refractivity contribution in [2.75, 3.05) is 13.2 Å². The zero-order chi connectivity index (χ0) is 14.2. The van der Waals surface area contributed by atoms with Gasteiger partial charge >= 0.3 is 0 Å². The third kappa shape index (κ3) is 3.94. The summed E-state index contributed by atoms with van der Waals surface area (Å²) in [5, 5.41) is 0. The molecule has 0 bridgehead atoms. The van der Waals surface area contributed by atoms with Crippen LogP contribution in [0.4, 0.5) is 0 Å². The molecule has 0 aliphatic heterocycles. The molecule has 0 fully saturated rings. The summed E-state index contributed by atoms with van der Waals surface area (Å²) in [6, 6.07) is 11.4. The van der Waals surface area contributed by atoms with Gasteiger partial charge in [0.05, 0.1) is 18.8 Å². The number of para-hydroxylation sites is 1. The summed E-state index contributed by atoms with van der Waals surface area (Å²) in [4.78, 5) is 4.15. The Labute approximate surface area is 118 Å². The molecule has 0 spiro atoms. The van der Waals surface area contributed by atoms with Crippen LogP contribution in [0.25, 0.3) is 0 Å². The van der Waals surface area contributed by atoms with Crippen molar-refractivity contribution in [2.45, 2.75) is 13.0 Å². The van der Waals surface area contributed by atoms with E-state index in [1.807, 2.05) is 43.3 Å². The lowest BCUT2D eigenvalue weighted by atomic mass is 10.1. The minimum Gasteiger partial charge on any atom is -0.492 e. The first-order valence-corrected chi connectivity index (χ1v) is 6.55. The third-order valence-corrected chi connectivity index (χ3v) is 2.81. The van der Waals surface area contributed by atoms with E-state index in [9.17, 15) is 0 Å². The van der Waals surface area contributed by atoms with E-state index in [4.69, 9.17) is 15.3 Å². The Morgan fingerprint density at radius 2 is 1.95 bits per heavy atom. The van der Waals surface area contributed by atoms with E-state index >= 15 is 0 Å². The van der Waals surface area contributed by atoms with Gasteiger partial charge in [0.25, 0.3) is 0 Å². The molecule has 0 aliphatic rings. The number of aromatic nitrogens is 1. The average molecular weight is 273 g/mol. The van der Waals surface area contributed by atoms with Gasteiger partial charge in [0.2, 0.25) is 0 Å². The smallest absolute Gasteiger partial charge is 0.137 e. The maximum Gasteiger partial charge on any atom is 0.137 e. The second-order valence-electron chi connectivity index (χ2n) is 4.23. The van der Waals surface area contributed by atoms with E-state index in [1.54, 1.807) is 12.4 Å². The fourth-order valence-electron chi connectivity index (χ4n) is 1.81. The number of rotatable bonds is 7. The standard InChI is InChI=1S/C15H19N3O2/c1-2-19-14-8-12(9-17-10-14)15(18-16)11-20-13-6-4-3-5-7-13/h3-10,15,18H,2,11,16H2,1H3. The quantitative estimate of drug-likeness (QED) is 0.597. The van der Waals surface area contributed by atoms with E-state index in [0.717, 1.165) is 17.1 Å². The van der Waals surface area contributed by atoms with Crippen LogP contribution in [0, 0.1) is 0 Å². The molecule has 1 unspecified atom stereocenters. The Balaban J connectivity index is 2.02. The van der Waals surface area contributed by atoms with E-state index in [2.05, 4.69) is 10.4 Å². The van der Waals surface area contributed by atoms with Crippen LogP contribution in [0.3, 0.4) is 0 Å². The van der Waals surface area contributed by atoms with Crippen molar-refractivity contribution in [2.24, 2.45) is 5.84 Å². The minimum atomic E-state index is -0.150. The largest absolute Gasteiger partial charge is 0.492 e. The number of hydrogen-bond donors (Lipinski definition) is 2. The SMILES string of the molecule is CCOc1cncc(C(COc2ccccc2)NN)c1. The highest BCUT2D eigenvalue weighted by atomic mass is 16.5. The summed E-state index contributed by atoms with van der Waals surface area (Å²) in [5.41, 5.74) is 3.66. The topological polar surface area (TPSA) is 69.4 Å². The molecule has 0 radical (unpaired) electrons. The fraction of sp³-hybridized carbons (Fsp3) is 0.267. The Hall–Kier alpha value is -2.11. The number of nitrogens with zero attached hydrogens (tertiary/aromatic N) is 1. The molecule has 5 nitrogen and oxygen atoms in total. The number of nitrogens with two attached hydrogens (primary N) is 1. The van der Waals surface area contributed by atoms with Gasteiger partial charge in [0.1, 0.15) is 18.1 Å². The van der Waals surface area contributed by atoms with Gasteiger partial charge in [-0.3, -0.25) is 10.8 Å². The van der Waals surface area contributed by atoms with Crippen LogP contribution in [-0.2, 0) is 0 Å². The molecule has 106 valence electrons. The molecule has 3 N–H and O–H groups in total. The molecule has 1 heterocycles. The molecule has 5 heteroatoms. The number of ether oxygens (including phenoxy) is 2. The molecule has 20 heavy (non-hydrogen) atoms. The molecular weight excluding hydrogens is 254 g/mol. The first-order chi connectivity index (χ1) is 9.83. The van der Waals surface area contributed by atoms with Gasteiger partial charge in [-0.2, -0.15) is 0 Å². The first-order valence-electron chi connectivity index (χ1n) is 6.55. The summed E-state index contributed by atoms with van der Waals surface area (Å²) >= 11 is 0. The van der Waals surface area contributed by atoms with Crippen LogP contribution in [-0.4, -0.2) is 18.2 Å². The van der Waals surface area contributed by atoms with E-state index in [1.165, 1.54) is 0 Å². The molecule has 0 saturated carbocycles. The van der Waals surface area contributed by atoms with Crippen LogP contribution in [0.15, 0.2) is 48.8 Å². The molecule has 0 aliphatic carbocycles. The zero-order valence-electron chi connectivity index (χ0n) is 11.5. The molecule has 1 aromatic heterocycles. The summed E-state index contributed by atoms with van der Waals surface area (Å²) in [6.45, 7) is 2.95. The van der Waals surface area contributed by atoms with Crippen molar-refractivity contribution in [1.29, 1.82) is 0 Å². The van der Waals surface area contributed by atoms with Crippen molar-refractivity contribution in [1.82, 2.24) is 10.4 Å². The van der Waals surface area contributed by atoms with E-state index in [-0.39, 0.29) is 6.04 Å². The van der Waals surface area contributed by atoms with Crippen molar-refractivity contribution in [3.8, 4) is 11.5 Å². The lowest BCUT2D eigenvalue weighted by molar-refractivity contribution is 0.266. The number of hydrogen-bond acceptors (Lipinski definition) is 5. The fourth-order valence-corrected chi connectivity index (χ4v) is 1.81. The van der Waals surface area contributed by atoms with Crippen molar-refractivity contribution in [3.63, 3.8) is 0 Å². The average Bonchev–Trinajstić information content (AvgIpc) is 2.50. The zero-order valence-corrected chi connectivity index (χ0v) is 11.5. The third-order valence-electron chi connectivity index (χ3n) is 2.81. The van der Waals surface area contributed by atoms with Crippen LogP contribution >= 0.6 is 0 Å². The number of benzene rings is 1. The number of pyridine rings is 1. The van der Waals surface area contributed by atoms with Gasteiger partial charge in [-0.15, -0.1) is 0 Å². The van der Waals surface area contributed by atoms with Gasteiger partial charge in [-0.25, -0.2) is 5.43 Å². The Bertz CT molecular complexity index is 520. The van der Waals surface area contributed by atoms with Gasteiger partial charge in [0.15, 0.2) is 0 Å². The van der Waals surface area contributed by atoms with E-state index in [0.29, 0.717) is 13.2 Å². The lowest BCUT2D eigenvalue weighted by Crippen LogP contribution is -2.32. The number of hydrazine groups is 1. The highest BCUT2D eigenvalue weighted by molar-refractivity contribution is 5.26. The molecule has 2 rings (SSSR count). The van der Waals surface area contributed by atoms with Gasteiger partial charge < -0.3 is 9.47 Å². The Morgan fingerprint density at radius 3 is 2.65 bits per heavy atom. The maximum absolute atomic E-state index is 5.70. The van der Waals surface area contributed by atoms with Gasteiger partial charge in [-0.05, 0) is 30.7 Å². The van der Waals surface area contributed by atoms with Crippen molar-refractivity contribution in [3.05, 3.63) is 54.4 Å². The summed E-state index contributed by atoms with van der Waals surface area (Å²) < 4.78 is 11.1. The first kappa shape index (κ1) is 14.3. The summed E-state index contributed by atoms with van der Waals surface area (Å²) in [6.07, 6.45) is 3.43. The maximum atomic E-state index is 5.70. The highest BCUT2D eigenvalue weighted by Gasteiger charge is 2.12. The minimum absolute atomic E-state index is 0.150. The highest BCUT2D eigenvalue weighted by Crippen LogP contribution is 2.19. The molecule has 1 atom stereocenters. The van der Waals surface area contributed by atoms with E-state index < -0.39 is 0 Å². The predicted molar refractivity (Wildman–Crippen MR) is 77.4 cm³/mol. The molecule has 2 aromatic rings. The van der Waals surface area contributed by atoms with Crippen LogP contribution in [0.2, 0.25) is 0 Å². The second kappa shape index (κ2) is 7.47. The summed E-state index contributed by atoms with van der Waals surface area (Å²) in [5.74, 6) is 7.13. The van der Waals surface area contributed by atoms with Crippen molar-refractivity contribution >= 4 is 0 Å². The summed E-state index contributed by atoms with van der Waals surface area (Å²) in [7, 11) is 0. The normalized spacial score (nSPS) is 11.9. The van der Waals surface area contributed by atoms with Crippen LogP contribution in [0.5, 0.6) is 11.5 Å². The lowest BCUT2D eigenvalue weighted by Gasteiger charge is -2.17. The van der Waals surface area contributed by atoms with Crippen LogP contribution in [0.1, 0.15) is 18.5 Å². The molecule has 0 amide bonds. The predicted octanol–water partition coefficient (Wildman–Crippen LogP) is 2.06. The molecule has 0 saturated heterocycles.